The number of hydrogen-bond donors (Lipinski definition) is 1. The van der Waals surface area contributed by atoms with Crippen LogP contribution in [-0.2, 0) is 17.9 Å². The predicted octanol–water partition coefficient (Wildman–Crippen LogP) is 3.30. The Morgan fingerprint density at radius 2 is 1.91 bits per heavy atom. The van der Waals surface area contributed by atoms with Crippen LogP contribution in [0, 0.1) is 0 Å². The Balaban J connectivity index is 1.79. The maximum atomic E-state index is 13.2. The van der Waals surface area contributed by atoms with Crippen LogP contribution in [0.5, 0.6) is 5.75 Å². The molecule has 0 atom stereocenters. The van der Waals surface area contributed by atoms with Gasteiger partial charge in [-0.1, -0.05) is 31.2 Å². The molecule has 1 aliphatic heterocycles. The number of aldehydes is 1. The Morgan fingerprint density at radius 3 is 2.52 bits per heavy atom. The van der Waals surface area contributed by atoms with Crippen molar-refractivity contribution in [3.8, 4) is 5.75 Å². The van der Waals surface area contributed by atoms with E-state index in [-0.39, 0.29) is 18.2 Å². The van der Waals surface area contributed by atoms with E-state index in [0.717, 1.165) is 6.54 Å². The number of anilines is 1. The maximum Gasteiger partial charge on any atom is 0.387 e. The number of nitrogens with one attached hydrogen (secondary N) is 1. The minimum Gasteiger partial charge on any atom is -0.433 e. The van der Waals surface area contributed by atoms with Gasteiger partial charge in [-0.3, -0.25) is 14.6 Å². The molecule has 1 amide bonds. The average molecular weight is 461 g/mol. The largest absolute Gasteiger partial charge is 0.433 e. The standard InChI is InChI=1S/C24H30F2N4O3/c1-3-27-11-6-12-29(21-13-18(17-31)9-10-22(21)33-24(25)26)16-23(32)28(2)30-14-19-7-4-5-8-20(19)15-30/h4-5,7-10,13,17,24,27H,3,6,11-12,14-16H2,1-2H3. The molecule has 1 aliphatic rings. The molecule has 1 N–H and O–H groups in total. The maximum absolute atomic E-state index is 13.2. The number of fused-ring (bicyclic) bond motifs is 1. The molecule has 7 nitrogen and oxygen atoms in total. The molecule has 0 unspecified atom stereocenters. The molecule has 178 valence electrons. The van der Waals surface area contributed by atoms with E-state index in [0.29, 0.717) is 50.1 Å². The molecule has 0 saturated carbocycles. The summed E-state index contributed by atoms with van der Waals surface area (Å²) in [5.74, 6) is -0.256. The molecule has 2 aromatic carbocycles. The number of likely N-dealkylation sites (N-methyl/N-ethyl adjacent to an activating group) is 1. The Morgan fingerprint density at radius 1 is 1.21 bits per heavy atom. The van der Waals surface area contributed by atoms with Crippen LogP contribution < -0.4 is 15.0 Å². The normalized spacial score (nSPS) is 13.1. The molecule has 33 heavy (non-hydrogen) atoms. The van der Waals surface area contributed by atoms with Gasteiger partial charge in [-0.15, -0.1) is 0 Å². The fraction of sp³-hybridized carbons (Fsp3) is 0.417. The molecule has 0 aromatic heterocycles. The fourth-order valence-electron chi connectivity index (χ4n) is 3.86. The quantitative estimate of drug-likeness (QED) is 0.387. The monoisotopic (exact) mass is 460 g/mol. The number of rotatable bonds is 12. The van der Waals surface area contributed by atoms with E-state index in [1.165, 1.54) is 29.3 Å². The lowest BCUT2D eigenvalue weighted by Gasteiger charge is -2.32. The van der Waals surface area contributed by atoms with Crippen molar-refractivity contribution in [3.63, 3.8) is 0 Å². The van der Waals surface area contributed by atoms with Crippen molar-refractivity contribution in [2.75, 3.05) is 38.1 Å². The Bertz CT molecular complexity index is 932. The summed E-state index contributed by atoms with van der Waals surface area (Å²) < 4.78 is 30.7. The molecule has 0 aliphatic carbocycles. The van der Waals surface area contributed by atoms with Gasteiger partial charge < -0.3 is 15.0 Å². The summed E-state index contributed by atoms with van der Waals surface area (Å²) in [5.41, 5.74) is 2.96. The summed E-state index contributed by atoms with van der Waals surface area (Å²) in [6.45, 7) is 2.11. The summed E-state index contributed by atoms with van der Waals surface area (Å²) in [4.78, 5) is 26.2. The number of ether oxygens (including phenoxy) is 1. The van der Waals surface area contributed by atoms with Crippen molar-refractivity contribution in [3.05, 3.63) is 59.2 Å². The molecule has 0 fully saturated rings. The zero-order chi connectivity index (χ0) is 23.8. The van der Waals surface area contributed by atoms with E-state index in [1.54, 1.807) is 17.0 Å². The van der Waals surface area contributed by atoms with E-state index < -0.39 is 6.61 Å². The van der Waals surface area contributed by atoms with Crippen LogP contribution in [0.4, 0.5) is 14.5 Å². The van der Waals surface area contributed by atoms with Gasteiger partial charge in [0.15, 0.2) is 0 Å². The Labute approximate surface area is 192 Å². The lowest BCUT2D eigenvalue weighted by molar-refractivity contribution is -0.145. The molecule has 9 heteroatoms. The third-order valence-corrected chi connectivity index (χ3v) is 5.64. The van der Waals surface area contributed by atoms with Gasteiger partial charge in [0.1, 0.15) is 12.0 Å². The van der Waals surface area contributed by atoms with Crippen LogP contribution in [0.3, 0.4) is 0 Å². The Hall–Kier alpha value is -3.04. The number of nitrogens with zero attached hydrogens (tertiary/aromatic N) is 3. The van der Waals surface area contributed by atoms with Crippen molar-refractivity contribution in [1.82, 2.24) is 15.3 Å². The van der Waals surface area contributed by atoms with E-state index in [9.17, 15) is 18.4 Å². The second-order valence-corrected chi connectivity index (χ2v) is 7.86. The van der Waals surface area contributed by atoms with Gasteiger partial charge in [0.2, 0.25) is 0 Å². The Kier molecular flexibility index (Phi) is 8.73. The fourth-order valence-corrected chi connectivity index (χ4v) is 3.86. The second kappa shape index (κ2) is 11.7. The first-order valence-electron chi connectivity index (χ1n) is 11.0. The van der Waals surface area contributed by atoms with Crippen LogP contribution in [0.25, 0.3) is 0 Å². The summed E-state index contributed by atoms with van der Waals surface area (Å²) in [7, 11) is 1.71. The molecule has 3 rings (SSSR count). The van der Waals surface area contributed by atoms with Crippen molar-refractivity contribution in [1.29, 1.82) is 0 Å². The number of hydrogen-bond acceptors (Lipinski definition) is 6. The third-order valence-electron chi connectivity index (χ3n) is 5.64. The zero-order valence-corrected chi connectivity index (χ0v) is 19.0. The molecule has 0 radical (unpaired) electrons. The van der Waals surface area contributed by atoms with Gasteiger partial charge in [-0.2, -0.15) is 8.78 Å². The number of benzene rings is 2. The smallest absolute Gasteiger partial charge is 0.387 e. The molecule has 0 bridgehead atoms. The molecule has 1 heterocycles. The van der Waals surface area contributed by atoms with Crippen LogP contribution in [0.2, 0.25) is 0 Å². The highest BCUT2D eigenvalue weighted by molar-refractivity contribution is 5.84. The highest BCUT2D eigenvalue weighted by Crippen LogP contribution is 2.31. The van der Waals surface area contributed by atoms with Gasteiger partial charge >= 0.3 is 6.61 Å². The van der Waals surface area contributed by atoms with Gasteiger partial charge in [0.05, 0.1) is 12.2 Å². The first-order valence-corrected chi connectivity index (χ1v) is 11.0. The lowest BCUT2D eigenvalue weighted by Crippen LogP contribution is -2.46. The van der Waals surface area contributed by atoms with Gasteiger partial charge in [0.25, 0.3) is 5.91 Å². The SMILES string of the molecule is CCNCCCN(CC(=O)N(C)N1Cc2ccccc2C1)c1cc(C=O)ccc1OC(F)F. The minimum absolute atomic E-state index is 0.0443. The minimum atomic E-state index is -3.02. The zero-order valence-electron chi connectivity index (χ0n) is 19.0. The van der Waals surface area contributed by atoms with E-state index in [2.05, 4.69) is 5.32 Å². The van der Waals surface area contributed by atoms with Gasteiger partial charge in [-0.05, 0) is 48.8 Å². The summed E-state index contributed by atoms with van der Waals surface area (Å²) in [6, 6.07) is 12.3. The number of carbonyl (C=O) groups is 2. The molecule has 0 saturated heterocycles. The van der Waals surface area contributed by atoms with E-state index >= 15 is 0 Å². The predicted molar refractivity (Wildman–Crippen MR) is 122 cm³/mol. The van der Waals surface area contributed by atoms with Crippen LogP contribution in [-0.4, -0.2) is 62.0 Å². The van der Waals surface area contributed by atoms with Crippen molar-refractivity contribution >= 4 is 17.9 Å². The molecule has 0 spiro atoms. The second-order valence-electron chi connectivity index (χ2n) is 7.86. The molecule has 2 aromatic rings. The summed E-state index contributed by atoms with van der Waals surface area (Å²) in [5, 5.41) is 6.74. The van der Waals surface area contributed by atoms with Crippen LogP contribution in [0.1, 0.15) is 34.8 Å². The van der Waals surface area contributed by atoms with Gasteiger partial charge in [-0.25, -0.2) is 5.01 Å². The van der Waals surface area contributed by atoms with E-state index in [1.807, 2.05) is 36.2 Å². The van der Waals surface area contributed by atoms with Crippen molar-refractivity contribution in [2.45, 2.75) is 33.0 Å². The van der Waals surface area contributed by atoms with Crippen molar-refractivity contribution < 1.29 is 23.1 Å². The topological polar surface area (TPSA) is 65.1 Å². The summed E-state index contributed by atoms with van der Waals surface area (Å²) >= 11 is 0. The number of amides is 1. The highest BCUT2D eigenvalue weighted by atomic mass is 19.3. The molecular weight excluding hydrogens is 430 g/mol. The first-order chi connectivity index (χ1) is 15.9. The van der Waals surface area contributed by atoms with Crippen LogP contribution in [0.15, 0.2) is 42.5 Å². The third kappa shape index (κ3) is 6.49. The number of hydrazine groups is 1. The van der Waals surface area contributed by atoms with Gasteiger partial charge in [0, 0.05) is 32.2 Å². The lowest BCUT2D eigenvalue weighted by atomic mass is 10.1. The number of halogens is 2. The van der Waals surface area contributed by atoms with Crippen molar-refractivity contribution in [2.24, 2.45) is 0 Å². The first kappa shape index (κ1) is 24.6. The van der Waals surface area contributed by atoms with E-state index in [4.69, 9.17) is 4.74 Å². The molecular formula is C24H30F2N4O3. The van der Waals surface area contributed by atoms with Crippen LogP contribution >= 0.6 is 0 Å². The summed E-state index contributed by atoms with van der Waals surface area (Å²) in [6.07, 6.45) is 1.32. The highest BCUT2D eigenvalue weighted by Gasteiger charge is 2.27. The average Bonchev–Trinajstić information content (AvgIpc) is 3.24. The number of alkyl halides is 2. The number of carbonyl (C=O) groups excluding carboxylic acids is 2.